The Labute approximate surface area is 78.9 Å². The van der Waals surface area contributed by atoms with Crippen molar-refractivity contribution >= 4 is 5.97 Å². The highest BCUT2D eigenvalue weighted by atomic mass is 16.4. The van der Waals surface area contributed by atoms with Crippen molar-refractivity contribution in [3.8, 4) is 0 Å². The third kappa shape index (κ3) is 24.6. The van der Waals surface area contributed by atoms with Crippen molar-refractivity contribution in [2.45, 2.75) is 32.6 Å². The molecule has 0 amide bonds. The lowest BCUT2D eigenvalue weighted by molar-refractivity contribution is -0.137. The third-order valence-electron chi connectivity index (χ3n) is 1.25. The first kappa shape index (κ1) is 14.9. The molecule has 0 rings (SSSR count). The minimum atomic E-state index is -0.682. The molecule has 0 atom stereocenters. The molecule has 0 heterocycles. The quantitative estimate of drug-likeness (QED) is 0.272. The van der Waals surface area contributed by atoms with Crippen molar-refractivity contribution in [2.75, 3.05) is 13.2 Å². The Hall–Kier alpha value is -0.650. The highest BCUT2D eigenvalue weighted by molar-refractivity contribution is 5.66. The fourth-order valence-corrected chi connectivity index (χ4v) is 0.591. The van der Waals surface area contributed by atoms with Crippen molar-refractivity contribution in [3.63, 3.8) is 0 Å². The normalized spacial score (nSPS) is 8.85. The lowest BCUT2D eigenvalue weighted by Crippen LogP contribution is -2.24. The van der Waals surface area contributed by atoms with Crippen LogP contribution in [0.5, 0.6) is 0 Å². The number of carboxylic acid groups (broad SMARTS) is 1. The summed E-state index contributed by atoms with van der Waals surface area (Å²) in [5, 5.41) is 16.1. The number of rotatable bonds is 6. The maximum absolute atomic E-state index is 9.87. The van der Waals surface area contributed by atoms with E-state index in [1.807, 2.05) is 0 Å². The van der Waals surface area contributed by atoms with Gasteiger partial charge in [0.05, 0.1) is 6.61 Å². The summed E-state index contributed by atoms with van der Waals surface area (Å²) in [5.41, 5.74) is 2.27. The fraction of sp³-hybridized carbons (Fsp3) is 0.875. The maximum Gasteiger partial charge on any atom is 0.303 e. The molecule has 5 heteroatoms. The molecule has 0 radical (unpaired) electrons. The molecule has 0 aromatic heterocycles. The van der Waals surface area contributed by atoms with E-state index in [0.717, 1.165) is 19.3 Å². The standard InChI is InChI=1S/C6H12O2.C2H8N2O/c1-2-3-4-5-6(7)8;3-4-1-2-5/h2-5H2,1H3,(H,7,8);4-5H,1-3H2. The Morgan fingerprint density at radius 1 is 1.46 bits per heavy atom. The summed E-state index contributed by atoms with van der Waals surface area (Å²) in [6.07, 6.45) is 3.28. The number of hydrogen-bond acceptors (Lipinski definition) is 4. The monoisotopic (exact) mass is 192 g/mol. The van der Waals surface area contributed by atoms with Crippen LogP contribution >= 0.6 is 0 Å². The highest BCUT2D eigenvalue weighted by Gasteiger charge is 1.92. The molecule has 5 N–H and O–H groups in total. The van der Waals surface area contributed by atoms with Crippen LogP contribution in [-0.2, 0) is 4.79 Å². The van der Waals surface area contributed by atoms with Crippen molar-refractivity contribution in [1.29, 1.82) is 0 Å². The van der Waals surface area contributed by atoms with Gasteiger partial charge in [-0.25, -0.2) is 0 Å². The smallest absolute Gasteiger partial charge is 0.303 e. The number of unbranched alkanes of at least 4 members (excludes halogenated alkanes) is 2. The minimum Gasteiger partial charge on any atom is -0.481 e. The van der Waals surface area contributed by atoms with E-state index in [1.165, 1.54) is 0 Å². The Kier molecular flexibility index (Phi) is 15.9. The third-order valence-corrected chi connectivity index (χ3v) is 1.25. The molecule has 0 saturated carbocycles. The van der Waals surface area contributed by atoms with Crippen LogP contribution in [0.2, 0.25) is 0 Å². The van der Waals surface area contributed by atoms with Crippen molar-refractivity contribution < 1.29 is 15.0 Å². The van der Waals surface area contributed by atoms with Crippen molar-refractivity contribution in [3.05, 3.63) is 0 Å². The first-order chi connectivity index (χ1) is 6.18. The van der Waals surface area contributed by atoms with E-state index >= 15 is 0 Å². The number of aliphatic hydroxyl groups is 1. The molecule has 0 bridgehead atoms. The summed E-state index contributed by atoms with van der Waals surface area (Å²) in [7, 11) is 0. The van der Waals surface area contributed by atoms with E-state index in [1.54, 1.807) is 0 Å². The summed E-state index contributed by atoms with van der Waals surface area (Å²) in [6.45, 7) is 2.64. The predicted octanol–water partition coefficient (Wildman–Crippen LogP) is 0.0933. The first-order valence-corrected chi connectivity index (χ1v) is 4.45. The van der Waals surface area contributed by atoms with Crippen molar-refractivity contribution in [1.82, 2.24) is 5.43 Å². The molecule has 0 aromatic rings. The van der Waals surface area contributed by atoms with Crippen LogP contribution in [-0.4, -0.2) is 29.3 Å². The van der Waals surface area contributed by atoms with Crippen LogP contribution < -0.4 is 11.3 Å². The van der Waals surface area contributed by atoms with Crippen LogP contribution in [0.15, 0.2) is 0 Å². The molecule has 0 spiro atoms. The number of hydrogen-bond donors (Lipinski definition) is 4. The predicted molar refractivity (Wildman–Crippen MR) is 51.1 cm³/mol. The van der Waals surface area contributed by atoms with Gasteiger partial charge in [0, 0.05) is 13.0 Å². The van der Waals surface area contributed by atoms with E-state index in [0.29, 0.717) is 13.0 Å². The first-order valence-electron chi connectivity index (χ1n) is 4.45. The second kappa shape index (κ2) is 13.9. The number of carbonyl (C=O) groups is 1. The van der Waals surface area contributed by atoms with Gasteiger partial charge in [-0.3, -0.25) is 16.1 Å². The summed E-state index contributed by atoms with van der Waals surface area (Å²) in [6, 6.07) is 0. The molecule has 13 heavy (non-hydrogen) atoms. The SMILES string of the molecule is CCCCCC(=O)O.NNCCO. The van der Waals surface area contributed by atoms with Gasteiger partial charge in [0.2, 0.25) is 0 Å². The Bertz CT molecular complexity index is 108. The molecular formula is C8H20N2O3. The average Bonchev–Trinajstić information content (AvgIpc) is 2.07. The molecule has 5 nitrogen and oxygen atoms in total. The second-order valence-electron chi connectivity index (χ2n) is 2.53. The Morgan fingerprint density at radius 2 is 2.08 bits per heavy atom. The van der Waals surface area contributed by atoms with Crippen LogP contribution in [0.3, 0.4) is 0 Å². The number of nitrogens with one attached hydrogen (secondary N) is 1. The van der Waals surface area contributed by atoms with Gasteiger partial charge in [0.15, 0.2) is 0 Å². The molecule has 0 aromatic carbocycles. The molecule has 0 unspecified atom stereocenters. The maximum atomic E-state index is 9.87. The van der Waals surface area contributed by atoms with Crippen molar-refractivity contribution in [2.24, 2.45) is 5.84 Å². The van der Waals surface area contributed by atoms with E-state index in [4.69, 9.17) is 16.1 Å². The van der Waals surface area contributed by atoms with Gasteiger partial charge in [0.1, 0.15) is 0 Å². The molecule has 0 saturated heterocycles. The lowest BCUT2D eigenvalue weighted by Gasteiger charge is -1.89. The van der Waals surface area contributed by atoms with Gasteiger partial charge in [-0.2, -0.15) is 0 Å². The number of aliphatic hydroxyl groups excluding tert-OH is 1. The molecule has 0 fully saturated rings. The fourth-order valence-electron chi connectivity index (χ4n) is 0.591. The Morgan fingerprint density at radius 3 is 2.31 bits per heavy atom. The topological polar surface area (TPSA) is 95.6 Å². The van der Waals surface area contributed by atoms with Gasteiger partial charge in [-0.15, -0.1) is 0 Å². The summed E-state index contributed by atoms with van der Waals surface area (Å²) in [4.78, 5) is 9.87. The molecule has 0 aliphatic heterocycles. The Balaban J connectivity index is 0. The van der Waals surface area contributed by atoms with Gasteiger partial charge in [-0.1, -0.05) is 19.8 Å². The number of nitrogens with two attached hydrogens (primary N) is 1. The highest BCUT2D eigenvalue weighted by Crippen LogP contribution is 1.97. The van der Waals surface area contributed by atoms with Crippen LogP contribution in [0.1, 0.15) is 32.6 Å². The summed E-state index contributed by atoms with van der Waals surface area (Å²) in [5.74, 6) is 4.05. The number of hydrazine groups is 1. The lowest BCUT2D eigenvalue weighted by atomic mass is 10.2. The van der Waals surface area contributed by atoms with Gasteiger partial charge in [0.25, 0.3) is 0 Å². The van der Waals surface area contributed by atoms with Crippen LogP contribution in [0.4, 0.5) is 0 Å². The second-order valence-corrected chi connectivity index (χ2v) is 2.53. The van der Waals surface area contributed by atoms with Gasteiger partial charge < -0.3 is 10.2 Å². The number of aliphatic carboxylic acids is 1. The van der Waals surface area contributed by atoms with E-state index < -0.39 is 5.97 Å². The zero-order valence-corrected chi connectivity index (χ0v) is 8.12. The van der Waals surface area contributed by atoms with E-state index in [9.17, 15) is 4.79 Å². The molecule has 0 aliphatic carbocycles. The average molecular weight is 192 g/mol. The minimum absolute atomic E-state index is 0.108. The zero-order chi connectivity index (χ0) is 10.5. The number of carboxylic acids is 1. The largest absolute Gasteiger partial charge is 0.481 e. The van der Waals surface area contributed by atoms with E-state index in [-0.39, 0.29) is 6.61 Å². The molecule has 0 aliphatic rings. The molecular weight excluding hydrogens is 172 g/mol. The van der Waals surface area contributed by atoms with E-state index in [2.05, 4.69) is 12.3 Å². The zero-order valence-electron chi connectivity index (χ0n) is 8.12. The van der Waals surface area contributed by atoms with Crippen LogP contribution in [0.25, 0.3) is 0 Å². The summed E-state index contributed by atoms with van der Waals surface area (Å²) < 4.78 is 0. The van der Waals surface area contributed by atoms with Crippen LogP contribution in [0, 0.1) is 0 Å². The summed E-state index contributed by atoms with van der Waals surface area (Å²) >= 11 is 0. The van der Waals surface area contributed by atoms with Gasteiger partial charge >= 0.3 is 5.97 Å². The van der Waals surface area contributed by atoms with Gasteiger partial charge in [-0.05, 0) is 6.42 Å². The molecule has 80 valence electrons.